The minimum Gasteiger partial charge on any atom is -0.493 e. The number of thiophene rings is 1. The van der Waals surface area contributed by atoms with Crippen LogP contribution in [0.25, 0.3) is 21.3 Å². The highest BCUT2D eigenvalue weighted by Gasteiger charge is 2.17. The maximum atomic E-state index is 11.0. The Morgan fingerprint density at radius 2 is 1.90 bits per heavy atom. The van der Waals surface area contributed by atoms with Gasteiger partial charge in [0, 0.05) is 23.1 Å². The molecule has 0 aliphatic heterocycles. The van der Waals surface area contributed by atoms with E-state index in [1.54, 1.807) is 20.3 Å². The first kappa shape index (κ1) is 19.9. The number of halogens is 1. The molecule has 0 bridgehead atoms. The van der Waals surface area contributed by atoms with Crippen LogP contribution in [0.15, 0.2) is 48.1 Å². The molecule has 30 heavy (non-hydrogen) atoms. The molecule has 0 saturated carbocycles. The second-order valence-corrected chi connectivity index (χ2v) is 7.43. The van der Waals surface area contributed by atoms with Gasteiger partial charge in [-0.25, -0.2) is 9.97 Å². The van der Waals surface area contributed by atoms with Crippen LogP contribution >= 0.6 is 22.9 Å². The number of hydrogen-bond acceptors (Lipinski definition) is 8. The molecule has 0 spiro atoms. The van der Waals surface area contributed by atoms with Crippen molar-refractivity contribution in [3.05, 3.63) is 63.2 Å². The van der Waals surface area contributed by atoms with Crippen molar-refractivity contribution in [2.75, 3.05) is 19.5 Å². The van der Waals surface area contributed by atoms with E-state index in [-0.39, 0.29) is 10.7 Å². The van der Waals surface area contributed by atoms with E-state index < -0.39 is 4.92 Å². The highest BCUT2D eigenvalue weighted by atomic mass is 35.5. The summed E-state index contributed by atoms with van der Waals surface area (Å²) in [5, 5.41) is 17.1. The largest absolute Gasteiger partial charge is 0.493 e. The van der Waals surface area contributed by atoms with Crippen LogP contribution in [0.1, 0.15) is 0 Å². The van der Waals surface area contributed by atoms with Crippen molar-refractivity contribution in [2.24, 2.45) is 0 Å². The summed E-state index contributed by atoms with van der Waals surface area (Å²) in [6.07, 6.45) is 1.46. The van der Waals surface area contributed by atoms with Gasteiger partial charge in [0.05, 0.1) is 35.2 Å². The summed E-state index contributed by atoms with van der Waals surface area (Å²) in [6.45, 7) is 0. The van der Waals surface area contributed by atoms with Gasteiger partial charge in [0.25, 0.3) is 5.69 Å². The number of ether oxygens (including phenoxy) is 2. The number of aromatic nitrogens is 2. The first-order valence-electron chi connectivity index (χ1n) is 8.67. The molecule has 0 aliphatic rings. The number of fused-ring (bicyclic) bond motifs is 1. The molecule has 0 atom stereocenters. The average Bonchev–Trinajstić information content (AvgIpc) is 3.19. The van der Waals surface area contributed by atoms with Crippen LogP contribution < -0.4 is 14.8 Å². The number of methoxy groups -OCH3 is 2. The molecule has 0 radical (unpaired) electrons. The maximum absolute atomic E-state index is 11.0. The van der Waals surface area contributed by atoms with E-state index in [1.807, 2.05) is 23.6 Å². The molecule has 2 aromatic heterocycles. The number of hydrogen-bond donors (Lipinski definition) is 1. The monoisotopic (exact) mass is 442 g/mol. The normalized spacial score (nSPS) is 10.8. The standard InChI is InChI=1S/C20H15ClN4O4S/c1-28-16-6-3-11(7-17(16)29-2)13-9-30-20-18(13)19(22-10-23-20)24-15-5-4-12(25(26)27)8-14(15)21/h3-10H,1-2H3,(H,22,23,24). The zero-order valence-electron chi connectivity index (χ0n) is 15.9. The summed E-state index contributed by atoms with van der Waals surface area (Å²) in [5.41, 5.74) is 2.25. The van der Waals surface area contributed by atoms with E-state index in [0.29, 0.717) is 23.0 Å². The fourth-order valence-corrected chi connectivity index (χ4v) is 4.17. The molecule has 4 aromatic rings. The highest BCUT2D eigenvalue weighted by molar-refractivity contribution is 7.17. The Kier molecular flexibility index (Phi) is 5.39. The average molecular weight is 443 g/mol. The summed E-state index contributed by atoms with van der Waals surface area (Å²) in [6, 6.07) is 9.88. The molecule has 0 aliphatic carbocycles. The third-order valence-electron chi connectivity index (χ3n) is 4.48. The van der Waals surface area contributed by atoms with Crippen molar-refractivity contribution < 1.29 is 14.4 Å². The Morgan fingerprint density at radius 1 is 1.10 bits per heavy atom. The zero-order chi connectivity index (χ0) is 21.3. The van der Waals surface area contributed by atoms with E-state index >= 15 is 0 Å². The molecular formula is C20H15ClN4O4S. The van der Waals surface area contributed by atoms with Crippen LogP contribution in [0.3, 0.4) is 0 Å². The van der Waals surface area contributed by atoms with Gasteiger partial charge in [-0.15, -0.1) is 11.3 Å². The van der Waals surface area contributed by atoms with Crippen molar-refractivity contribution in [2.45, 2.75) is 0 Å². The third-order valence-corrected chi connectivity index (χ3v) is 5.68. The summed E-state index contributed by atoms with van der Waals surface area (Å²) in [4.78, 5) is 20.0. The van der Waals surface area contributed by atoms with E-state index in [1.165, 1.54) is 29.8 Å². The summed E-state index contributed by atoms with van der Waals surface area (Å²) in [7, 11) is 3.17. The van der Waals surface area contributed by atoms with Gasteiger partial charge in [0.1, 0.15) is 17.0 Å². The number of nitrogens with zero attached hydrogens (tertiary/aromatic N) is 3. The van der Waals surface area contributed by atoms with Gasteiger partial charge < -0.3 is 14.8 Å². The number of nitro benzene ring substituents is 1. The topological polar surface area (TPSA) is 99.4 Å². The lowest BCUT2D eigenvalue weighted by Crippen LogP contribution is -1.97. The smallest absolute Gasteiger partial charge is 0.271 e. The first-order valence-corrected chi connectivity index (χ1v) is 9.93. The van der Waals surface area contributed by atoms with Gasteiger partial charge in [-0.3, -0.25) is 10.1 Å². The molecule has 1 N–H and O–H groups in total. The number of nitrogens with one attached hydrogen (secondary N) is 1. The van der Waals surface area contributed by atoms with E-state index in [9.17, 15) is 10.1 Å². The van der Waals surface area contributed by atoms with Gasteiger partial charge in [-0.05, 0) is 23.8 Å². The van der Waals surface area contributed by atoms with Crippen LogP contribution in [-0.2, 0) is 0 Å². The maximum Gasteiger partial charge on any atom is 0.271 e. The molecule has 0 amide bonds. The molecule has 2 aromatic carbocycles. The summed E-state index contributed by atoms with van der Waals surface area (Å²) >= 11 is 7.72. The second kappa shape index (κ2) is 8.13. The molecule has 0 fully saturated rings. The van der Waals surface area contributed by atoms with E-state index in [0.717, 1.165) is 21.3 Å². The lowest BCUT2D eigenvalue weighted by Gasteiger charge is -2.11. The van der Waals surface area contributed by atoms with Crippen molar-refractivity contribution in [1.29, 1.82) is 0 Å². The van der Waals surface area contributed by atoms with Gasteiger partial charge in [-0.2, -0.15) is 0 Å². The number of benzene rings is 2. The van der Waals surface area contributed by atoms with Gasteiger partial charge in [0.2, 0.25) is 0 Å². The Labute approximate surface area is 180 Å². The molecule has 4 rings (SSSR count). The Balaban J connectivity index is 1.80. The predicted molar refractivity (Wildman–Crippen MR) is 117 cm³/mol. The summed E-state index contributed by atoms with van der Waals surface area (Å²) in [5.74, 6) is 1.79. The highest BCUT2D eigenvalue weighted by Crippen LogP contribution is 2.41. The fourth-order valence-electron chi connectivity index (χ4n) is 3.03. The number of anilines is 2. The van der Waals surface area contributed by atoms with Crippen LogP contribution in [0, 0.1) is 10.1 Å². The molecule has 8 nitrogen and oxygen atoms in total. The zero-order valence-corrected chi connectivity index (χ0v) is 17.5. The second-order valence-electron chi connectivity index (χ2n) is 6.17. The number of rotatable bonds is 6. The fraction of sp³-hybridized carbons (Fsp3) is 0.100. The Morgan fingerprint density at radius 3 is 2.60 bits per heavy atom. The number of nitro groups is 1. The van der Waals surface area contributed by atoms with Crippen molar-refractivity contribution >= 4 is 50.3 Å². The molecule has 0 unspecified atom stereocenters. The van der Waals surface area contributed by atoms with E-state index in [4.69, 9.17) is 21.1 Å². The van der Waals surface area contributed by atoms with Crippen LogP contribution in [0.4, 0.5) is 17.2 Å². The van der Waals surface area contributed by atoms with Gasteiger partial charge in [0.15, 0.2) is 11.5 Å². The van der Waals surface area contributed by atoms with Crippen LogP contribution in [0.5, 0.6) is 11.5 Å². The minimum absolute atomic E-state index is 0.0834. The quantitative estimate of drug-likeness (QED) is 0.303. The Hall–Kier alpha value is -3.43. The van der Waals surface area contributed by atoms with Gasteiger partial charge >= 0.3 is 0 Å². The minimum atomic E-state index is -0.493. The van der Waals surface area contributed by atoms with Crippen molar-refractivity contribution in [3.63, 3.8) is 0 Å². The Bertz CT molecular complexity index is 1260. The van der Waals surface area contributed by atoms with Crippen molar-refractivity contribution in [1.82, 2.24) is 9.97 Å². The summed E-state index contributed by atoms with van der Waals surface area (Å²) < 4.78 is 10.7. The molecule has 2 heterocycles. The molecule has 0 saturated heterocycles. The van der Waals surface area contributed by atoms with Gasteiger partial charge in [-0.1, -0.05) is 17.7 Å². The van der Waals surface area contributed by atoms with Crippen LogP contribution in [0.2, 0.25) is 5.02 Å². The van der Waals surface area contributed by atoms with Crippen LogP contribution in [-0.4, -0.2) is 29.1 Å². The van der Waals surface area contributed by atoms with Crippen molar-refractivity contribution in [3.8, 4) is 22.6 Å². The lowest BCUT2D eigenvalue weighted by molar-refractivity contribution is -0.384. The third kappa shape index (κ3) is 3.60. The van der Waals surface area contributed by atoms with E-state index in [2.05, 4.69) is 15.3 Å². The number of non-ortho nitro benzene ring substituents is 1. The lowest BCUT2D eigenvalue weighted by atomic mass is 10.1. The SMILES string of the molecule is COc1ccc(-c2csc3ncnc(Nc4ccc([N+](=O)[O-])cc4Cl)c23)cc1OC. The molecular weight excluding hydrogens is 428 g/mol. The first-order chi connectivity index (χ1) is 14.5. The molecule has 10 heteroatoms. The molecule has 152 valence electrons. The predicted octanol–water partition coefficient (Wildman–Crippen LogP) is 5.68.